The summed E-state index contributed by atoms with van der Waals surface area (Å²) in [5, 5.41) is 3.36. The number of nitrogens with one attached hydrogen (secondary N) is 1. The molecule has 3 heteroatoms. The van der Waals surface area contributed by atoms with Gasteiger partial charge in [-0.05, 0) is 50.3 Å². The van der Waals surface area contributed by atoms with Crippen molar-refractivity contribution in [1.82, 2.24) is 4.98 Å². The third-order valence-electron chi connectivity index (χ3n) is 4.12. The average Bonchev–Trinajstić information content (AvgIpc) is 2.57. The molecule has 0 radical (unpaired) electrons. The fraction of sp³-hybridized carbons (Fsp3) is 0.381. The van der Waals surface area contributed by atoms with Gasteiger partial charge in [0.05, 0.1) is 13.2 Å². The second-order valence-corrected chi connectivity index (χ2v) is 6.39. The maximum atomic E-state index is 5.85. The zero-order chi connectivity index (χ0) is 17.4. The van der Waals surface area contributed by atoms with Crippen LogP contribution >= 0.6 is 0 Å². The number of ether oxygens (including phenoxy) is 1. The van der Waals surface area contributed by atoms with Crippen molar-refractivity contribution in [3.63, 3.8) is 0 Å². The van der Waals surface area contributed by atoms with Gasteiger partial charge in [0, 0.05) is 17.8 Å². The van der Waals surface area contributed by atoms with Gasteiger partial charge in [-0.1, -0.05) is 29.9 Å². The molecule has 0 aromatic carbocycles. The lowest BCUT2D eigenvalue weighted by Crippen LogP contribution is -2.09. The number of pyridine rings is 1. The SMILES string of the molecule is C=CC1C=C(C)COCC(C=C)C=C(C)Nc2cc(ccn2)CC1. The third-order valence-corrected chi connectivity index (χ3v) is 4.12. The zero-order valence-corrected chi connectivity index (χ0v) is 14.8. The highest BCUT2D eigenvalue weighted by molar-refractivity contribution is 5.43. The Balaban J connectivity index is 2.26. The first-order valence-electron chi connectivity index (χ1n) is 8.51. The van der Waals surface area contributed by atoms with Crippen molar-refractivity contribution < 1.29 is 4.74 Å². The fourth-order valence-corrected chi connectivity index (χ4v) is 2.82. The largest absolute Gasteiger partial charge is 0.376 e. The van der Waals surface area contributed by atoms with E-state index in [1.54, 1.807) is 0 Å². The lowest BCUT2D eigenvalue weighted by molar-refractivity contribution is 0.143. The molecule has 1 aromatic rings. The fourth-order valence-electron chi connectivity index (χ4n) is 2.82. The number of hydrogen-bond donors (Lipinski definition) is 1. The predicted molar refractivity (Wildman–Crippen MR) is 102 cm³/mol. The van der Waals surface area contributed by atoms with Crippen molar-refractivity contribution in [3.8, 4) is 0 Å². The molecule has 2 atom stereocenters. The Labute approximate surface area is 145 Å². The molecule has 2 bridgehead atoms. The molecule has 0 amide bonds. The Kier molecular flexibility index (Phi) is 7.01. The number of nitrogens with zero attached hydrogens (tertiary/aromatic N) is 1. The number of anilines is 1. The monoisotopic (exact) mass is 324 g/mol. The number of fused-ring (bicyclic) bond motifs is 2. The van der Waals surface area contributed by atoms with E-state index in [0.717, 1.165) is 24.4 Å². The molecule has 1 N–H and O–H groups in total. The Hall–Kier alpha value is -2.13. The number of hydrogen-bond acceptors (Lipinski definition) is 3. The Morgan fingerprint density at radius 1 is 1.21 bits per heavy atom. The standard InChI is InChI=1S/C21H28N2O/c1-5-18-7-8-20-9-10-22-21(13-20)23-17(4)12-19(6-2)15-24-14-16(3)11-18/h5-6,9-13,18-19H,1-2,7-8,14-15H2,3-4H3,(H,22,23). The van der Waals surface area contributed by atoms with Gasteiger partial charge in [0.15, 0.2) is 0 Å². The smallest absolute Gasteiger partial charge is 0.130 e. The maximum Gasteiger partial charge on any atom is 0.130 e. The van der Waals surface area contributed by atoms with Gasteiger partial charge in [-0.3, -0.25) is 0 Å². The summed E-state index contributed by atoms with van der Waals surface area (Å²) < 4.78 is 5.85. The molecule has 0 fully saturated rings. The average molecular weight is 324 g/mol. The molecule has 24 heavy (non-hydrogen) atoms. The van der Waals surface area contributed by atoms with Gasteiger partial charge < -0.3 is 10.1 Å². The molecular weight excluding hydrogens is 296 g/mol. The van der Waals surface area contributed by atoms with E-state index in [1.165, 1.54) is 11.1 Å². The van der Waals surface area contributed by atoms with Crippen molar-refractivity contribution in [1.29, 1.82) is 0 Å². The van der Waals surface area contributed by atoms with E-state index in [0.29, 0.717) is 19.1 Å². The molecule has 2 unspecified atom stereocenters. The normalized spacial score (nSPS) is 22.9. The lowest BCUT2D eigenvalue weighted by Gasteiger charge is -2.12. The van der Waals surface area contributed by atoms with Crippen molar-refractivity contribution in [2.45, 2.75) is 26.7 Å². The number of allylic oxidation sites excluding steroid dienone is 3. The van der Waals surface area contributed by atoms with Crippen LogP contribution in [0.2, 0.25) is 0 Å². The number of aromatic nitrogens is 1. The second kappa shape index (κ2) is 9.24. The zero-order valence-electron chi connectivity index (χ0n) is 14.8. The van der Waals surface area contributed by atoms with Crippen molar-refractivity contribution in [2.24, 2.45) is 11.8 Å². The van der Waals surface area contributed by atoms with Gasteiger partial charge in [0.2, 0.25) is 0 Å². The number of rotatable bonds is 2. The molecule has 2 heterocycles. The highest BCUT2D eigenvalue weighted by Crippen LogP contribution is 2.18. The summed E-state index contributed by atoms with van der Waals surface area (Å²) in [7, 11) is 0. The van der Waals surface area contributed by atoms with Crippen LogP contribution in [0.3, 0.4) is 0 Å². The van der Waals surface area contributed by atoms with E-state index >= 15 is 0 Å². The molecule has 2 rings (SSSR count). The highest BCUT2D eigenvalue weighted by Gasteiger charge is 2.07. The summed E-state index contributed by atoms with van der Waals surface area (Å²) in [6, 6.07) is 4.20. The van der Waals surface area contributed by atoms with Crippen LogP contribution in [-0.2, 0) is 11.2 Å². The minimum atomic E-state index is 0.175. The van der Waals surface area contributed by atoms with Crippen molar-refractivity contribution in [2.75, 3.05) is 18.5 Å². The summed E-state index contributed by atoms with van der Waals surface area (Å²) in [6.07, 6.45) is 12.2. The van der Waals surface area contributed by atoms with E-state index in [4.69, 9.17) is 4.74 Å². The number of aryl methyl sites for hydroxylation is 1. The van der Waals surface area contributed by atoms with Crippen LogP contribution < -0.4 is 5.32 Å². The van der Waals surface area contributed by atoms with Crippen LogP contribution in [0.5, 0.6) is 0 Å². The molecule has 1 aromatic heterocycles. The van der Waals surface area contributed by atoms with E-state index < -0.39 is 0 Å². The molecule has 3 nitrogen and oxygen atoms in total. The molecule has 0 aliphatic carbocycles. The van der Waals surface area contributed by atoms with Gasteiger partial charge in [0.1, 0.15) is 5.82 Å². The van der Waals surface area contributed by atoms with Crippen LogP contribution in [0.4, 0.5) is 5.82 Å². The second-order valence-electron chi connectivity index (χ2n) is 6.39. The Bertz CT molecular complexity index is 630. The van der Waals surface area contributed by atoms with Crippen LogP contribution in [0.15, 0.2) is 67.1 Å². The van der Waals surface area contributed by atoms with Gasteiger partial charge in [0.25, 0.3) is 0 Å². The quantitative estimate of drug-likeness (QED) is 0.785. The molecule has 1 aliphatic heterocycles. The molecule has 0 spiro atoms. The molecular formula is C21H28N2O. The summed E-state index contributed by atoms with van der Waals surface area (Å²) in [4.78, 5) is 4.41. The first-order chi connectivity index (χ1) is 11.6. The first-order valence-corrected chi connectivity index (χ1v) is 8.51. The van der Waals surface area contributed by atoms with E-state index in [-0.39, 0.29) is 5.92 Å². The van der Waals surface area contributed by atoms with Crippen molar-refractivity contribution >= 4 is 5.82 Å². The highest BCUT2D eigenvalue weighted by atomic mass is 16.5. The van der Waals surface area contributed by atoms with Crippen LogP contribution in [-0.4, -0.2) is 18.2 Å². The first kappa shape index (κ1) is 18.2. The van der Waals surface area contributed by atoms with Gasteiger partial charge in [-0.2, -0.15) is 0 Å². The Morgan fingerprint density at radius 2 is 2.00 bits per heavy atom. The minimum absolute atomic E-state index is 0.175. The van der Waals surface area contributed by atoms with Crippen molar-refractivity contribution in [3.05, 3.63) is 72.6 Å². The van der Waals surface area contributed by atoms with E-state index in [1.807, 2.05) is 25.3 Å². The topological polar surface area (TPSA) is 34.1 Å². The maximum absolute atomic E-state index is 5.85. The minimum Gasteiger partial charge on any atom is -0.376 e. The van der Waals surface area contributed by atoms with Crippen LogP contribution in [0.25, 0.3) is 0 Å². The van der Waals surface area contributed by atoms with Gasteiger partial charge in [-0.25, -0.2) is 4.98 Å². The van der Waals surface area contributed by atoms with E-state index in [2.05, 4.69) is 54.7 Å². The molecule has 0 saturated heterocycles. The summed E-state index contributed by atoms with van der Waals surface area (Å²) in [5.74, 6) is 1.41. The summed E-state index contributed by atoms with van der Waals surface area (Å²) >= 11 is 0. The van der Waals surface area contributed by atoms with Gasteiger partial charge in [-0.15, -0.1) is 13.2 Å². The predicted octanol–water partition coefficient (Wildman–Crippen LogP) is 4.91. The molecule has 0 saturated carbocycles. The van der Waals surface area contributed by atoms with E-state index in [9.17, 15) is 0 Å². The van der Waals surface area contributed by atoms with Crippen LogP contribution in [0, 0.1) is 11.8 Å². The molecule has 1 aliphatic rings. The van der Waals surface area contributed by atoms with Gasteiger partial charge >= 0.3 is 0 Å². The Morgan fingerprint density at radius 3 is 2.75 bits per heavy atom. The lowest BCUT2D eigenvalue weighted by atomic mass is 9.98. The third kappa shape index (κ3) is 5.82. The summed E-state index contributed by atoms with van der Waals surface area (Å²) in [5.41, 5.74) is 3.58. The molecule has 128 valence electrons. The van der Waals surface area contributed by atoms with Crippen LogP contribution in [0.1, 0.15) is 25.8 Å². The summed E-state index contributed by atoms with van der Waals surface area (Å²) in [6.45, 7) is 13.3.